The smallest absolute Gasteiger partial charge is 0.256 e. The lowest BCUT2D eigenvalue weighted by molar-refractivity contribution is 0.0714. The monoisotopic (exact) mass is 328 g/mol. The Labute approximate surface area is 139 Å². The van der Waals surface area contributed by atoms with Gasteiger partial charge < -0.3 is 19.7 Å². The molecule has 6 nitrogen and oxygen atoms in total. The van der Waals surface area contributed by atoms with Crippen molar-refractivity contribution in [3.05, 3.63) is 63.6 Å². The van der Waals surface area contributed by atoms with E-state index in [1.54, 1.807) is 18.9 Å². The summed E-state index contributed by atoms with van der Waals surface area (Å²) in [6, 6.07) is 10.2. The Balaban J connectivity index is 1.95. The lowest BCUT2D eigenvalue weighted by Crippen LogP contribution is -2.33. The fourth-order valence-electron chi connectivity index (χ4n) is 3.17. The van der Waals surface area contributed by atoms with Gasteiger partial charge in [-0.15, -0.1) is 0 Å². The first kappa shape index (κ1) is 16.3. The highest BCUT2D eigenvalue weighted by molar-refractivity contribution is 5.95. The van der Waals surface area contributed by atoms with E-state index in [0.29, 0.717) is 23.4 Å². The molecule has 6 heteroatoms. The van der Waals surface area contributed by atoms with E-state index in [-0.39, 0.29) is 24.1 Å². The maximum atomic E-state index is 12.9. The van der Waals surface area contributed by atoms with Gasteiger partial charge in [0, 0.05) is 18.3 Å². The number of aliphatic hydroxyl groups is 1. The molecule has 1 saturated heterocycles. The summed E-state index contributed by atoms with van der Waals surface area (Å²) in [5, 5.41) is 10.1. The number of β-amino-alcohol motifs (C(OH)–C–C–N with tert-alkyl or cyclic N) is 1. The summed E-state index contributed by atoms with van der Waals surface area (Å²) in [6.45, 7) is 1.96. The summed E-state index contributed by atoms with van der Waals surface area (Å²) in [7, 11) is 1.59. The Morgan fingerprint density at radius 3 is 2.83 bits per heavy atom. The molecule has 1 aromatic carbocycles. The van der Waals surface area contributed by atoms with Crippen molar-refractivity contribution >= 4 is 5.91 Å². The summed E-state index contributed by atoms with van der Waals surface area (Å²) in [6.07, 6.45) is -0.102. The molecule has 126 valence electrons. The van der Waals surface area contributed by atoms with Gasteiger partial charge in [-0.2, -0.15) is 0 Å². The number of amides is 1. The molecular formula is C18H20N2O4. The molecule has 0 bridgehead atoms. The van der Waals surface area contributed by atoms with E-state index < -0.39 is 6.10 Å². The highest BCUT2D eigenvalue weighted by Crippen LogP contribution is 2.34. The van der Waals surface area contributed by atoms with Crippen molar-refractivity contribution in [2.45, 2.75) is 25.5 Å². The first-order chi connectivity index (χ1) is 11.5. The second-order valence-electron chi connectivity index (χ2n) is 6.00. The number of aromatic amines is 1. The standard InChI is InChI=1S/C18H20N2O4/c1-11-15(6-7-17(22)19-11)18(23)20-10-13(21)9-16(20)12-4-3-5-14(8-12)24-2/h3-8,13,16,21H,9-10H2,1-2H3,(H,19,22)/t13-,16-/m0/s1. The lowest BCUT2D eigenvalue weighted by atomic mass is 10.0. The molecule has 1 aliphatic heterocycles. The Morgan fingerprint density at radius 2 is 2.12 bits per heavy atom. The molecule has 0 unspecified atom stereocenters. The summed E-state index contributed by atoms with van der Waals surface area (Å²) < 4.78 is 5.25. The number of H-pyrrole nitrogens is 1. The molecule has 1 aromatic heterocycles. The SMILES string of the molecule is COc1cccc([C@@H]2C[C@H](O)CN2C(=O)c2ccc(=O)[nH]c2C)c1. The van der Waals surface area contributed by atoms with E-state index in [2.05, 4.69) is 4.98 Å². The van der Waals surface area contributed by atoms with Crippen LogP contribution in [0.15, 0.2) is 41.2 Å². The number of hydrogen-bond acceptors (Lipinski definition) is 4. The Hall–Kier alpha value is -2.60. The Morgan fingerprint density at radius 1 is 1.33 bits per heavy atom. The fourth-order valence-corrected chi connectivity index (χ4v) is 3.17. The van der Waals surface area contributed by atoms with Gasteiger partial charge in [0.1, 0.15) is 5.75 Å². The molecule has 0 saturated carbocycles. The third-order valence-corrected chi connectivity index (χ3v) is 4.36. The van der Waals surface area contributed by atoms with Crippen molar-refractivity contribution in [2.75, 3.05) is 13.7 Å². The zero-order valence-electron chi connectivity index (χ0n) is 13.7. The molecule has 0 spiro atoms. The maximum Gasteiger partial charge on any atom is 0.256 e. The molecule has 24 heavy (non-hydrogen) atoms. The normalized spacial score (nSPS) is 20.2. The zero-order chi connectivity index (χ0) is 17.3. The van der Waals surface area contributed by atoms with Crippen LogP contribution in [0.4, 0.5) is 0 Å². The molecule has 1 amide bonds. The van der Waals surface area contributed by atoms with Crippen LogP contribution in [0.1, 0.15) is 34.1 Å². The number of ether oxygens (including phenoxy) is 1. The van der Waals surface area contributed by atoms with Gasteiger partial charge in [0.05, 0.1) is 24.8 Å². The largest absolute Gasteiger partial charge is 0.497 e. The molecule has 2 heterocycles. The van der Waals surface area contributed by atoms with E-state index >= 15 is 0 Å². The number of carbonyl (C=O) groups is 1. The molecule has 2 atom stereocenters. The molecular weight excluding hydrogens is 308 g/mol. The number of methoxy groups -OCH3 is 1. The molecule has 2 N–H and O–H groups in total. The second kappa shape index (κ2) is 6.49. The first-order valence-electron chi connectivity index (χ1n) is 7.82. The molecule has 0 aliphatic carbocycles. The van der Waals surface area contributed by atoms with Crippen LogP contribution in [-0.4, -0.2) is 40.7 Å². The summed E-state index contributed by atoms with van der Waals surface area (Å²) in [4.78, 5) is 28.6. The number of aliphatic hydroxyl groups excluding tert-OH is 1. The number of aromatic nitrogens is 1. The van der Waals surface area contributed by atoms with Crippen LogP contribution in [-0.2, 0) is 0 Å². The molecule has 2 aromatic rings. The van der Waals surface area contributed by atoms with E-state index in [1.165, 1.54) is 12.1 Å². The molecule has 1 fully saturated rings. The van der Waals surface area contributed by atoms with Crippen LogP contribution in [0.5, 0.6) is 5.75 Å². The van der Waals surface area contributed by atoms with Gasteiger partial charge >= 0.3 is 0 Å². The third-order valence-electron chi connectivity index (χ3n) is 4.36. The minimum atomic E-state index is -0.576. The Bertz CT molecular complexity index is 815. The van der Waals surface area contributed by atoms with Crippen molar-refractivity contribution in [1.29, 1.82) is 0 Å². The number of likely N-dealkylation sites (tertiary alicyclic amines) is 1. The average molecular weight is 328 g/mol. The number of nitrogens with zero attached hydrogens (tertiary/aromatic N) is 1. The highest BCUT2D eigenvalue weighted by Gasteiger charge is 2.36. The quantitative estimate of drug-likeness (QED) is 0.897. The van der Waals surface area contributed by atoms with E-state index in [9.17, 15) is 14.7 Å². The fraction of sp³-hybridized carbons (Fsp3) is 0.333. The number of nitrogens with one attached hydrogen (secondary N) is 1. The minimum Gasteiger partial charge on any atom is -0.497 e. The van der Waals surface area contributed by atoms with Crippen LogP contribution in [0, 0.1) is 6.92 Å². The number of hydrogen-bond donors (Lipinski definition) is 2. The topological polar surface area (TPSA) is 82.6 Å². The van der Waals surface area contributed by atoms with Gasteiger partial charge in [-0.05, 0) is 37.1 Å². The number of benzene rings is 1. The minimum absolute atomic E-state index is 0.201. The van der Waals surface area contributed by atoms with E-state index in [1.807, 2.05) is 24.3 Å². The van der Waals surface area contributed by atoms with Gasteiger partial charge in [-0.25, -0.2) is 0 Å². The van der Waals surface area contributed by atoms with Crippen molar-refractivity contribution in [3.8, 4) is 5.75 Å². The van der Waals surface area contributed by atoms with Gasteiger partial charge in [0.25, 0.3) is 5.91 Å². The van der Waals surface area contributed by atoms with Crippen LogP contribution < -0.4 is 10.3 Å². The molecule has 0 radical (unpaired) electrons. The van der Waals surface area contributed by atoms with Gasteiger partial charge in [0.2, 0.25) is 5.56 Å². The molecule has 1 aliphatic rings. The third kappa shape index (κ3) is 3.05. The van der Waals surface area contributed by atoms with Gasteiger partial charge in [0.15, 0.2) is 0 Å². The van der Waals surface area contributed by atoms with Crippen LogP contribution in [0.2, 0.25) is 0 Å². The second-order valence-corrected chi connectivity index (χ2v) is 6.00. The summed E-state index contributed by atoms with van der Waals surface area (Å²) in [5.74, 6) is 0.509. The number of carbonyl (C=O) groups excluding carboxylic acids is 1. The number of rotatable bonds is 3. The first-order valence-corrected chi connectivity index (χ1v) is 7.82. The van der Waals surface area contributed by atoms with Crippen LogP contribution in [0.25, 0.3) is 0 Å². The van der Waals surface area contributed by atoms with E-state index in [0.717, 1.165) is 5.56 Å². The van der Waals surface area contributed by atoms with Crippen molar-refractivity contribution < 1.29 is 14.6 Å². The van der Waals surface area contributed by atoms with Crippen LogP contribution in [0.3, 0.4) is 0 Å². The maximum absolute atomic E-state index is 12.9. The van der Waals surface area contributed by atoms with E-state index in [4.69, 9.17) is 4.74 Å². The Kier molecular flexibility index (Phi) is 4.40. The summed E-state index contributed by atoms with van der Waals surface area (Å²) in [5.41, 5.74) is 1.64. The van der Waals surface area contributed by atoms with Crippen molar-refractivity contribution in [2.24, 2.45) is 0 Å². The van der Waals surface area contributed by atoms with Gasteiger partial charge in [-0.3, -0.25) is 9.59 Å². The predicted octanol–water partition coefficient (Wildman–Crippen LogP) is 1.64. The molecule has 3 rings (SSSR count). The average Bonchev–Trinajstić information content (AvgIpc) is 2.96. The van der Waals surface area contributed by atoms with Crippen LogP contribution >= 0.6 is 0 Å². The lowest BCUT2D eigenvalue weighted by Gasteiger charge is -2.25. The predicted molar refractivity (Wildman–Crippen MR) is 89.2 cm³/mol. The zero-order valence-corrected chi connectivity index (χ0v) is 13.7. The van der Waals surface area contributed by atoms with Crippen molar-refractivity contribution in [1.82, 2.24) is 9.88 Å². The van der Waals surface area contributed by atoms with Crippen molar-refractivity contribution in [3.63, 3.8) is 0 Å². The summed E-state index contributed by atoms with van der Waals surface area (Å²) >= 11 is 0. The van der Waals surface area contributed by atoms with Gasteiger partial charge in [-0.1, -0.05) is 12.1 Å². The number of pyridine rings is 1. The number of aryl methyl sites for hydroxylation is 1. The highest BCUT2D eigenvalue weighted by atomic mass is 16.5.